The van der Waals surface area contributed by atoms with Crippen molar-refractivity contribution in [3.05, 3.63) is 17.5 Å². The molecule has 24 heavy (non-hydrogen) atoms. The van der Waals surface area contributed by atoms with Gasteiger partial charge in [0.15, 0.2) is 0 Å². The third-order valence-electron chi connectivity index (χ3n) is 5.62. The largest absolute Gasteiger partial charge is 0.341 e. The third kappa shape index (κ3) is 3.40. The number of amides is 1. The predicted molar refractivity (Wildman–Crippen MR) is 96.1 cm³/mol. The summed E-state index contributed by atoms with van der Waals surface area (Å²) in [5.74, 6) is 1.29. The van der Waals surface area contributed by atoms with E-state index < -0.39 is 0 Å². The van der Waals surface area contributed by atoms with Crippen molar-refractivity contribution < 1.29 is 4.79 Å². The van der Waals surface area contributed by atoms with Crippen LogP contribution in [0.1, 0.15) is 57.7 Å². The number of nitrogens with zero attached hydrogens (tertiary/aromatic N) is 4. The predicted octanol–water partition coefficient (Wildman–Crippen LogP) is 2.83. The summed E-state index contributed by atoms with van der Waals surface area (Å²) < 4.78 is 0. The second-order valence-corrected chi connectivity index (χ2v) is 7.13. The molecule has 2 unspecified atom stereocenters. The number of hydrogen-bond acceptors (Lipinski definition) is 4. The second-order valence-electron chi connectivity index (χ2n) is 7.13. The zero-order chi connectivity index (χ0) is 17.1. The molecule has 1 aromatic rings. The normalized spacial score (nSPS) is 23.7. The van der Waals surface area contributed by atoms with E-state index in [1.807, 2.05) is 6.20 Å². The maximum absolute atomic E-state index is 12.9. The van der Waals surface area contributed by atoms with E-state index in [9.17, 15) is 4.79 Å². The van der Waals surface area contributed by atoms with Gasteiger partial charge >= 0.3 is 0 Å². The number of hydrogen-bond donors (Lipinski definition) is 0. The van der Waals surface area contributed by atoms with Crippen molar-refractivity contribution in [1.82, 2.24) is 14.9 Å². The summed E-state index contributed by atoms with van der Waals surface area (Å²) in [6.07, 6.45) is 8.11. The van der Waals surface area contributed by atoms with Crippen LogP contribution >= 0.6 is 0 Å². The molecule has 1 saturated heterocycles. The fraction of sp³-hybridized carbons (Fsp3) is 0.737. The van der Waals surface area contributed by atoms with Gasteiger partial charge in [-0.3, -0.25) is 4.79 Å². The molecule has 1 fully saturated rings. The van der Waals surface area contributed by atoms with E-state index in [-0.39, 0.29) is 5.92 Å². The lowest BCUT2D eigenvalue weighted by molar-refractivity contribution is -0.139. The van der Waals surface area contributed by atoms with Crippen molar-refractivity contribution in [3.8, 4) is 0 Å². The molecule has 1 amide bonds. The number of piperidine rings is 1. The van der Waals surface area contributed by atoms with Crippen molar-refractivity contribution in [2.24, 2.45) is 5.92 Å². The van der Waals surface area contributed by atoms with Crippen molar-refractivity contribution in [2.45, 2.75) is 65.3 Å². The van der Waals surface area contributed by atoms with Crippen LogP contribution in [0.4, 0.5) is 5.95 Å². The Kier molecular flexibility index (Phi) is 5.36. The molecule has 0 radical (unpaired) electrons. The van der Waals surface area contributed by atoms with Crippen LogP contribution in [0.3, 0.4) is 0 Å². The molecule has 1 aliphatic carbocycles. The Morgan fingerprint density at radius 1 is 1.29 bits per heavy atom. The molecule has 132 valence electrons. The lowest BCUT2D eigenvalue weighted by atomic mass is 9.85. The highest BCUT2D eigenvalue weighted by atomic mass is 16.2. The standard InChI is InChI=1S/C19H30N4O/c1-4-22(5-2)19-20-13-16-12-15(9-10-17(16)21-19)18(24)23-11-7-6-8-14(23)3/h13-15H,4-12H2,1-3H3. The van der Waals surface area contributed by atoms with Crippen LogP contribution < -0.4 is 4.90 Å². The first-order chi connectivity index (χ1) is 11.6. The van der Waals surface area contributed by atoms with Gasteiger partial charge in [0.2, 0.25) is 11.9 Å². The van der Waals surface area contributed by atoms with Gasteiger partial charge in [-0.05, 0) is 64.9 Å². The molecular formula is C19H30N4O. The molecule has 1 aliphatic heterocycles. The van der Waals surface area contributed by atoms with Gasteiger partial charge in [-0.15, -0.1) is 0 Å². The van der Waals surface area contributed by atoms with Crippen LogP contribution in [-0.4, -0.2) is 46.5 Å². The van der Waals surface area contributed by atoms with Crippen molar-refractivity contribution in [2.75, 3.05) is 24.5 Å². The number of carbonyl (C=O) groups is 1. The first-order valence-corrected chi connectivity index (χ1v) is 9.54. The smallest absolute Gasteiger partial charge is 0.226 e. The van der Waals surface area contributed by atoms with Gasteiger partial charge < -0.3 is 9.80 Å². The molecule has 5 nitrogen and oxygen atoms in total. The summed E-state index contributed by atoms with van der Waals surface area (Å²) >= 11 is 0. The molecule has 3 rings (SSSR count). The van der Waals surface area contributed by atoms with E-state index in [0.717, 1.165) is 63.4 Å². The highest BCUT2D eigenvalue weighted by Crippen LogP contribution is 2.28. The van der Waals surface area contributed by atoms with E-state index in [4.69, 9.17) is 4.98 Å². The minimum Gasteiger partial charge on any atom is -0.341 e. The fourth-order valence-corrected chi connectivity index (χ4v) is 4.03. The Balaban J connectivity index is 1.71. The zero-order valence-corrected chi connectivity index (χ0v) is 15.3. The maximum Gasteiger partial charge on any atom is 0.226 e. The van der Waals surface area contributed by atoms with Crippen molar-refractivity contribution in [3.63, 3.8) is 0 Å². The first kappa shape index (κ1) is 17.2. The SMILES string of the molecule is CCN(CC)c1ncc2c(n1)CCC(C(=O)N1CCCCC1C)C2. The average molecular weight is 330 g/mol. The molecule has 2 atom stereocenters. The molecule has 2 aliphatic rings. The van der Waals surface area contributed by atoms with Crippen LogP contribution in [-0.2, 0) is 17.6 Å². The molecule has 5 heteroatoms. The number of anilines is 1. The number of fused-ring (bicyclic) bond motifs is 1. The number of rotatable bonds is 4. The van der Waals surface area contributed by atoms with E-state index >= 15 is 0 Å². The monoisotopic (exact) mass is 330 g/mol. The van der Waals surface area contributed by atoms with Crippen molar-refractivity contribution in [1.29, 1.82) is 0 Å². The molecule has 0 aromatic carbocycles. The summed E-state index contributed by atoms with van der Waals surface area (Å²) in [5, 5.41) is 0. The molecule has 0 spiro atoms. The highest BCUT2D eigenvalue weighted by Gasteiger charge is 2.32. The molecule has 0 N–H and O–H groups in total. The van der Waals surface area contributed by atoms with E-state index in [1.165, 1.54) is 12.0 Å². The lowest BCUT2D eigenvalue weighted by Crippen LogP contribution is -2.46. The topological polar surface area (TPSA) is 49.3 Å². The quantitative estimate of drug-likeness (QED) is 0.852. The van der Waals surface area contributed by atoms with Gasteiger partial charge in [0.25, 0.3) is 0 Å². The van der Waals surface area contributed by atoms with Crippen LogP contribution in [0.15, 0.2) is 6.20 Å². The summed E-state index contributed by atoms with van der Waals surface area (Å²) in [6.45, 7) is 9.21. The molecular weight excluding hydrogens is 300 g/mol. The summed E-state index contributed by atoms with van der Waals surface area (Å²) in [4.78, 5) is 26.5. The third-order valence-corrected chi connectivity index (χ3v) is 5.62. The number of likely N-dealkylation sites (tertiary alicyclic amines) is 1. The van der Waals surface area contributed by atoms with Crippen LogP contribution in [0.2, 0.25) is 0 Å². The fourth-order valence-electron chi connectivity index (χ4n) is 4.03. The zero-order valence-electron chi connectivity index (χ0n) is 15.3. The van der Waals surface area contributed by atoms with Crippen LogP contribution in [0.25, 0.3) is 0 Å². The van der Waals surface area contributed by atoms with E-state index in [0.29, 0.717) is 11.9 Å². The minimum atomic E-state index is 0.112. The second kappa shape index (κ2) is 7.49. The van der Waals surface area contributed by atoms with Crippen LogP contribution in [0, 0.1) is 5.92 Å². The summed E-state index contributed by atoms with van der Waals surface area (Å²) in [5.41, 5.74) is 2.31. The maximum atomic E-state index is 12.9. The molecule has 0 saturated carbocycles. The molecule has 0 bridgehead atoms. The Hall–Kier alpha value is -1.65. The molecule has 1 aromatic heterocycles. The van der Waals surface area contributed by atoms with E-state index in [1.54, 1.807) is 0 Å². The average Bonchev–Trinajstić information content (AvgIpc) is 2.62. The summed E-state index contributed by atoms with van der Waals surface area (Å²) in [6, 6.07) is 0.397. The minimum absolute atomic E-state index is 0.112. The van der Waals surface area contributed by atoms with Gasteiger partial charge in [-0.2, -0.15) is 0 Å². The Bertz CT molecular complexity index is 585. The number of aromatic nitrogens is 2. The van der Waals surface area contributed by atoms with Gasteiger partial charge in [0.1, 0.15) is 0 Å². The first-order valence-electron chi connectivity index (χ1n) is 9.54. The highest BCUT2D eigenvalue weighted by molar-refractivity contribution is 5.80. The Labute approximate surface area is 145 Å². The Morgan fingerprint density at radius 2 is 2.08 bits per heavy atom. The van der Waals surface area contributed by atoms with Crippen molar-refractivity contribution >= 4 is 11.9 Å². The summed E-state index contributed by atoms with van der Waals surface area (Å²) in [7, 11) is 0. The van der Waals surface area contributed by atoms with E-state index in [2.05, 4.69) is 35.6 Å². The lowest BCUT2D eigenvalue weighted by Gasteiger charge is -2.37. The number of aryl methyl sites for hydroxylation is 1. The van der Waals surface area contributed by atoms with Gasteiger partial charge in [-0.1, -0.05) is 0 Å². The van der Waals surface area contributed by atoms with Gasteiger partial charge in [-0.25, -0.2) is 9.97 Å². The molecule has 2 heterocycles. The number of carbonyl (C=O) groups excluding carboxylic acids is 1. The van der Waals surface area contributed by atoms with Gasteiger partial charge in [0.05, 0.1) is 0 Å². The van der Waals surface area contributed by atoms with Crippen LogP contribution in [0.5, 0.6) is 0 Å². The van der Waals surface area contributed by atoms with Gasteiger partial charge in [0, 0.05) is 43.5 Å². The Morgan fingerprint density at radius 3 is 2.79 bits per heavy atom.